The van der Waals surface area contributed by atoms with Gasteiger partial charge in [-0.15, -0.1) is 3.89 Å². The highest BCUT2D eigenvalue weighted by Crippen LogP contribution is 2.32. The lowest BCUT2D eigenvalue weighted by Crippen LogP contribution is -2.16. The monoisotopic (exact) mass is 305 g/mol. The second-order valence-electron chi connectivity index (χ2n) is 5.33. The molecule has 0 N–H and O–H groups in total. The van der Waals surface area contributed by atoms with Crippen molar-refractivity contribution in [3.8, 4) is 0 Å². The zero-order valence-corrected chi connectivity index (χ0v) is 12.5. The van der Waals surface area contributed by atoms with E-state index >= 15 is 0 Å². The lowest BCUT2D eigenvalue weighted by Gasteiger charge is -2.16. The Morgan fingerprint density at radius 3 is 2.37 bits per heavy atom. The van der Waals surface area contributed by atoms with Gasteiger partial charge in [-0.3, -0.25) is 0 Å². The van der Waals surface area contributed by atoms with E-state index in [0.29, 0.717) is 11.5 Å². The summed E-state index contributed by atoms with van der Waals surface area (Å²) in [7, 11) is -3.29. The molecule has 0 atom stereocenters. The van der Waals surface area contributed by atoms with Crippen LogP contribution in [-0.4, -0.2) is 23.0 Å². The van der Waals surface area contributed by atoms with E-state index < -0.39 is 15.1 Å². The number of hydrogen-bond acceptors (Lipinski definition) is 4. The van der Waals surface area contributed by atoms with Crippen molar-refractivity contribution < 1.29 is 12.3 Å². The number of fused-ring (bicyclic) bond motifs is 1. The standard InChI is InChI=1S/C11H13ClFN3O2S/c1-11(2,3)10-14-8(12)7-6(19(13,17)18)5-16(4)9(7)15-10/h5H,1-4H3. The summed E-state index contributed by atoms with van der Waals surface area (Å²) in [6.45, 7) is 5.71. The maximum Gasteiger partial charge on any atom is 0.334 e. The van der Waals surface area contributed by atoms with E-state index in [1.165, 1.54) is 4.57 Å². The second-order valence-corrected chi connectivity index (χ2v) is 7.00. The Morgan fingerprint density at radius 1 is 1.32 bits per heavy atom. The average molecular weight is 306 g/mol. The van der Waals surface area contributed by atoms with Crippen molar-refractivity contribution in [3.05, 3.63) is 17.2 Å². The number of halogens is 2. The molecule has 0 spiro atoms. The van der Waals surface area contributed by atoms with Crippen LogP contribution in [0.25, 0.3) is 11.0 Å². The fourth-order valence-corrected chi connectivity index (χ4v) is 2.75. The summed E-state index contributed by atoms with van der Waals surface area (Å²) >= 11 is 6.00. The lowest BCUT2D eigenvalue weighted by molar-refractivity contribution is 0.547. The van der Waals surface area contributed by atoms with Crippen molar-refractivity contribution in [1.82, 2.24) is 14.5 Å². The highest BCUT2D eigenvalue weighted by atomic mass is 35.5. The van der Waals surface area contributed by atoms with Gasteiger partial charge in [-0.25, -0.2) is 9.97 Å². The van der Waals surface area contributed by atoms with Crippen LogP contribution in [0.3, 0.4) is 0 Å². The third kappa shape index (κ3) is 2.44. The molecule has 0 saturated heterocycles. The molecule has 0 bridgehead atoms. The van der Waals surface area contributed by atoms with Crippen molar-refractivity contribution in [2.45, 2.75) is 31.1 Å². The van der Waals surface area contributed by atoms with Crippen LogP contribution >= 0.6 is 11.6 Å². The largest absolute Gasteiger partial charge is 0.334 e. The van der Waals surface area contributed by atoms with Crippen LogP contribution in [0, 0.1) is 0 Å². The molecule has 0 aliphatic heterocycles. The molecule has 0 saturated carbocycles. The van der Waals surface area contributed by atoms with Gasteiger partial charge in [0.05, 0.1) is 5.39 Å². The quantitative estimate of drug-likeness (QED) is 0.600. The average Bonchev–Trinajstić information content (AvgIpc) is 2.55. The number of rotatable bonds is 1. The second kappa shape index (κ2) is 4.14. The molecule has 2 aromatic rings. The summed E-state index contributed by atoms with van der Waals surface area (Å²) in [6, 6.07) is 0. The van der Waals surface area contributed by atoms with Gasteiger partial charge in [0.25, 0.3) is 0 Å². The summed E-state index contributed by atoms with van der Waals surface area (Å²) < 4.78 is 36.8. The Kier molecular flexibility index (Phi) is 3.10. The molecule has 0 amide bonds. The van der Waals surface area contributed by atoms with Gasteiger partial charge < -0.3 is 4.57 Å². The molecule has 2 aromatic heterocycles. The number of aryl methyl sites for hydroxylation is 1. The highest BCUT2D eigenvalue weighted by Gasteiger charge is 2.26. The molecular formula is C11H13ClFN3O2S. The molecule has 19 heavy (non-hydrogen) atoms. The van der Waals surface area contributed by atoms with E-state index in [-0.39, 0.29) is 16.0 Å². The van der Waals surface area contributed by atoms with Crippen molar-refractivity contribution in [3.63, 3.8) is 0 Å². The van der Waals surface area contributed by atoms with Crippen molar-refractivity contribution >= 4 is 32.9 Å². The van der Waals surface area contributed by atoms with Crippen LogP contribution in [-0.2, 0) is 22.7 Å². The van der Waals surface area contributed by atoms with Crippen molar-refractivity contribution in [1.29, 1.82) is 0 Å². The normalized spacial score (nSPS) is 13.2. The van der Waals surface area contributed by atoms with Gasteiger partial charge >= 0.3 is 10.2 Å². The van der Waals surface area contributed by atoms with Crippen molar-refractivity contribution in [2.75, 3.05) is 0 Å². The van der Waals surface area contributed by atoms with Gasteiger partial charge in [0.2, 0.25) is 0 Å². The van der Waals surface area contributed by atoms with Gasteiger partial charge in [-0.05, 0) is 0 Å². The summed E-state index contributed by atoms with van der Waals surface area (Å²) in [6.07, 6.45) is 1.15. The molecule has 0 aromatic carbocycles. The Balaban J connectivity index is 2.91. The van der Waals surface area contributed by atoms with E-state index in [1.807, 2.05) is 20.8 Å². The topological polar surface area (TPSA) is 64.8 Å². The van der Waals surface area contributed by atoms with E-state index in [9.17, 15) is 12.3 Å². The zero-order chi connectivity index (χ0) is 14.6. The molecular weight excluding hydrogens is 293 g/mol. The number of nitrogens with zero attached hydrogens (tertiary/aromatic N) is 3. The molecule has 104 valence electrons. The van der Waals surface area contributed by atoms with Gasteiger partial charge in [0.15, 0.2) is 0 Å². The minimum absolute atomic E-state index is 0.0136. The smallest absolute Gasteiger partial charge is 0.334 e. The molecule has 5 nitrogen and oxygen atoms in total. The molecule has 0 fully saturated rings. The maximum absolute atomic E-state index is 13.2. The summed E-state index contributed by atoms with van der Waals surface area (Å²) in [5.74, 6) is 0.467. The summed E-state index contributed by atoms with van der Waals surface area (Å²) in [4.78, 5) is 7.84. The molecule has 0 aliphatic carbocycles. The van der Waals surface area contributed by atoms with Gasteiger partial charge in [-0.1, -0.05) is 32.4 Å². The van der Waals surface area contributed by atoms with Gasteiger partial charge in [-0.2, -0.15) is 8.42 Å². The fraction of sp³-hybridized carbons (Fsp3) is 0.455. The minimum Gasteiger partial charge on any atom is -0.334 e. The summed E-state index contributed by atoms with van der Waals surface area (Å²) in [5.41, 5.74) is -0.0576. The van der Waals surface area contributed by atoms with E-state index in [2.05, 4.69) is 9.97 Å². The minimum atomic E-state index is -4.86. The van der Waals surface area contributed by atoms with Crippen LogP contribution < -0.4 is 0 Å². The maximum atomic E-state index is 13.2. The molecule has 2 rings (SSSR count). The predicted octanol–water partition coefficient (Wildman–Crippen LogP) is 2.58. The Bertz CT molecular complexity index is 762. The molecule has 8 heteroatoms. The first-order valence-electron chi connectivity index (χ1n) is 5.49. The molecule has 0 radical (unpaired) electrons. The first-order chi connectivity index (χ1) is 8.51. The number of aromatic nitrogens is 3. The SMILES string of the molecule is Cn1cc(S(=O)(=O)F)c2c(Cl)nc(C(C)(C)C)nc21. The summed E-state index contributed by atoms with van der Waals surface area (Å²) in [5, 5.41) is -0.0496. The Morgan fingerprint density at radius 2 is 1.89 bits per heavy atom. The first-order valence-corrected chi connectivity index (χ1v) is 7.25. The molecule has 0 aliphatic rings. The van der Waals surface area contributed by atoms with Gasteiger partial charge in [0, 0.05) is 18.7 Å². The van der Waals surface area contributed by atoms with Crippen LogP contribution in [0.15, 0.2) is 11.1 Å². The van der Waals surface area contributed by atoms with Crippen LogP contribution in [0.2, 0.25) is 5.15 Å². The third-order valence-corrected chi connectivity index (χ3v) is 3.78. The molecule has 2 heterocycles. The Hall–Kier alpha value is -1.21. The predicted molar refractivity (Wildman–Crippen MR) is 70.5 cm³/mol. The van der Waals surface area contributed by atoms with Crippen LogP contribution in [0.5, 0.6) is 0 Å². The Labute approximate surface area is 115 Å². The lowest BCUT2D eigenvalue weighted by atomic mass is 9.96. The van der Waals surface area contributed by atoms with E-state index in [0.717, 1.165) is 6.20 Å². The van der Waals surface area contributed by atoms with Gasteiger partial charge in [0.1, 0.15) is 21.5 Å². The van der Waals surface area contributed by atoms with E-state index in [1.54, 1.807) is 7.05 Å². The number of hydrogen-bond donors (Lipinski definition) is 0. The third-order valence-electron chi connectivity index (χ3n) is 2.67. The van der Waals surface area contributed by atoms with E-state index in [4.69, 9.17) is 11.6 Å². The van der Waals surface area contributed by atoms with Crippen LogP contribution in [0.1, 0.15) is 26.6 Å². The molecule has 0 unspecified atom stereocenters. The first kappa shape index (κ1) is 14.2. The van der Waals surface area contributed by atoms with Crippen LogP contribution in [0.4, 0.5) is 3.89 Å². The van der Waals surface area contributed by atoms with Crippen molar-refractivity contribution in [2.24, 2.45) is 7.05 Å². The highest BCUT2D eigenvalue weighted by molar-refractivity contribution is 7.86. The zero-order valence-electron chi connectivity index (χ0n) is 10.9. The fourth-order valence-electron chi connectivity index (χ4n) is 1.71.